The summed E-state index contributed by atoms with van der Waals surface area (Å²) in [5.74, 6) is 0.121. The number of amides is 2. The maximum atomic E-state index is 13.4. The Labute approximate surface area is 178 Å². The topological polar surface area (TPSA) is 79.5 Å². The summed E-state index contributed by atoms with van der Waals surface area (Å²) in [5, 5.41) is 9.47. The molecule has 152 valence electrons. The highest BCUT2D eigenvalue weighted by Crippen LogP contribution is 2.49. The molecule has 1 fully saturated rings. The predicted molar refractivity (Wildman–Crippen MR) is 116 cm³/mol. The Morgan fingerprint density at radius 2 is 1.97 bits per heavy atom. The van der Waals surface area contributed by atoms with Crippen molar-refractivity contribution in [1.82, 2.24) is 5.32 Å². The van der Waals surface area contributed by atoms with E-state index in [1.54, 1.807) is 31.4 Å². The third-order valence-electron chi connectivity index (χ3n) is 5.92. The summed E-state index contributed by atoms with van der Waals surface area (Å²) < 4.78 is 6.05. The number of ether oxygens (including phenoxy) is 1. The number of anilines is 2. The first kappa shape index (κ1) is 19.9. The molecular formula is C22H24BrN3O3. The number of nitrogens with one attached hydrogen (secondary N) is 3. The van der Waals surface area contributed by atoms with Crippen molar-refractivity contribution in [1.29, 1.82) is 0 Å². The number of carbonyl (C=O) groups excluding carboxylic acids is 2. The van der Waals surface area contributed by atoms with E-state index < -0.39 is 11.5 Å². The zero-order chi connectivity index (χ0) is 20.8. The maximum absolute atomic E-state index is 13.4. The van der Waals surface area contributed by atoms with Crippen LogP contribution in [0, 0.1) is 11.8 Å². The van der Waals surface area contributed by atoms with Crippen LogP contribution in [-0.2, 0) is 15.1 Å². The highest BCUT2D eigenvalue weighted by molar-refractivity contribution is 9.10. The van der Waals surface area contributed by atoms with Crippen LogP contribution >= 0.6 is 15.9 Å². The predicted octanol–water partition coefficient (Wildman–Crippen LogP) is 3.88. The van der Waals surface area contributed by atoms with Crippen LogP contribution in [0.15, 0.2) is 46.9 Å². The second-order valence-corrected chi connectivity index (χ2v) is 8.87. The summed E-state index contributed by atoms with van der Waals surface area (Å²) in [4.78, 5) is 26.6. The van der Waals surface area contributed by atoms with Gasteiger partial charge < -0.3 is 15.4 Å². The molecule has 2 amide bonds. The van der Waals surface area contributed by atoms with Gasteiger partial charge in [0.25, 0.3) is 0 Å². The van der Waals surface area contributed by atoms with E-state index in [2.05, 4.69) is 45.7 Å². The maximum Gasteiger partial charge on any atom is 0.250 e. The third kappa shape index (κ3) is 3.32. The molecule has 3 unspecified atom stereocenters. The molecular weight excluding hydrogens is 434 g/mol. The van der Waals surface area contributed by atoms with Gasteiger partial charge in [-0.1, -0.05) is 29.8 Å². The molecule has 1 saturated heterocycles. The number of hydrogen-bond acceptors (Lipinski definition) is 4. The number of halogens is 1. The Balaban J connectivity index is 1.71. The van der Waals surface area contributed by atoms with Crippen LogP contribution in [0.4, 0.5) is 11.4 Å². The van der Waals surface area contributed by atoms with Crippen molar-refractivity contribution in [2.75, 3.05) is 17.7 Å². The normalized spacial score (nSPS) is 25.2. The number of benzene rings is 2. The molecule has 2 aromatic rings. The van der Waals surface area contributed by atoms with E-state index in [0.717, 1.165) is 21.5 Å². The van der Waals surface area contributed by atoms with Crippen molar-refractivity contribution in [3.63, 3.8) is 0 Å². The Hall–Kier alpha value is -2.38. The molecule has 6 nitrogen and oxygen atoms in total. The molecule has 3 atom stereocenters. The Morgan fingerprint density at radius 1 is 1.24 bits per heavy atom. The molecule has 4 rings (SSSR count). The lowest BCUT2D eigenvalue weighted by Gasteiger charge is -2.29. The van der Waals surface area contributed by atoms with Crippen LogP contribution in [0.1, 0.15) is 25.8 Å². The lowest BCUT2D eigenvalue weighted by Crippen LogP contribution is -2.52. The monoisotopic (exact) mass is 457 g/mol. The van der Waals surface area contributed by atoms with Crippen molar-refractivity contribution in [2.24, 2.45) is 11.8 Å². The van der Waals surface area contributed by atoms with Crippen LogP contribution in [0.3, 0.4) is 0 Å². The lowest BCUT2D eigenvalue weighted by atomic mass is 9.79. The molecule has 7 heteroatoms. The van der Waals surface area contributed by atoms with E-state index in [0.29, 0.717) is 12.1 Å². The zero-order valence-corrected chi connectivity index (χ0v) is 18.2. The number of carbonyl (C=O) groups is 2. The number of fused-ring (bicyclic) bond motifs is 2. The van der Waals surface area contributed by atoms with E-state index in [1.165, 1.54) is 0 Å². The highest BCUT2D eigenvalue weighted by Gasteiger charge is 2.60. The van der Waals surface area contributed by atoms with Gasteiger partial charge >= 0.3 is 0 Å². The highest BCUT2D eigenvalue weighted by atomic mass is 79.9. The summed E-state index contributed by atoms with van der Waals surface area (Å²) in [5.41, 5.74) is 1.16. The molecule has 1 spiro atoms. The minimum Gasteiger partial charge on any atom is -0.497 e. The summed E-state index contributed by atoms with van der Waals surface area (Å²) in [6.45, 7) is 4.20. The number of rotatable bonds is 4. The fourth-order valence-electron chi connectivity index (χ4n) is 4.31. The van der Waals surface area contributed by atoms with Crippen molar-refractivity contribution >= 4 is 39.1 Å². The van der Waals surface area contributed by atoms with Gasteiger partial charge in [-0.2, -0.15) is 0 Å². The standard InChI is InChI=1S/C22H24BrN3O3/c1-12(2)19-11-17(20(27)24-14-5-7-15(29-3)8-6-14)22(26-19)16-10-13(23)4-9-18(16)25-21(22)28/h4-10,12,17,19,26H,11H2,1-3H3,(H,24,27)(H,25,28). The zero-order valence-electron chi connectivity index (χ0n) is 16.6. The lowest BCUT2D eigenvalue weighted by molar-refractivity contribution is -0.130. The van der Waals surface area contributed by atoms with Crippen LogP contribution in [0.2, 0.25) is 0 Å². The van der Waals surface area contributed by atoms with Crippen LogP contribution in [0.25, 0.3) is 0 Å². The van der Waals surface area contributed by atoms with Gasteiger partial charge in [-0.25, -0.2) is 0 Å². The van der Waals surface area contributed by atoms with E-state index in [4.69, 9.17) is 4.74 Å². The first-order chi connectivity index (χ1) is 13.8. The van der Waals surface area contributed by atoms with E-state index in [9.17, 15) is 9.59 Å². The smallest absolute Gasteiger partial charge is 0.250 e. The van der Waals surface area contributed by atoms with Gasteiger partial charge in [0, 0.05) is 27.5 Å². The molecule has 2 aliphatic rings. The van der Waals surface area contributed by atoms with Crippen LogP contribution in [0.5, 0.6) is 5.75 Å². The van der Waals surface area contributed by atoms with Gasteiger partial charge in [-0.05, 0) is 54.8 Å². The average molecular weight is 458 g/mol. The Bertz CT molecular complexity index is 960. The number of hydrogen-bond donors (Lipinski definition) is 3. The molecule has 29 heavy (non-hydrogen) atoms. The largest absolute Gasteiger partial charge is 0.497 e. The van der Waals surface area contributed by atoms with Gasteiger partial charge in [0.1, 0.15) is 11.3 Å². The second-order valence-electron chi connectivity index (χ2n) is 7.95. The first-order valence-corrected chi connectivity index (χ1v) is 10.5. The van der Waals surface area contributed by atoms with Gasteiger partial charge in [0.05, 0.1) is 13.0 Å². The molecule has 3 N–H and O–H groups in total. The molecule has 2 aromatic carbocycles. The molecule has 0 aromatic heterocycles. The van der Waals surface area contributed by atoms with Gasteiger partial charge in [0.15, 0.2) is 0 Å². The van der Waals surface area contributed by atoms with Gasteiger partial charge in [-0.3, -0.25) is 14.9 Å². The first-order valence-electron chi connectivity index (χ1n) is 9.69. The Morgan fingerprint density at radius 3 is 2.62 bits per heavy atom. The molecule has 0 saturated carbocycles. The quantitative estimate of drug-likeness (QED) is 0.650. The fraction of sp³-hybridized carbons (Fsp3) is 0.364. The van der Waals surface area contributed by atoms with Crippen molar-refractivity contribution < 1.29 is 14.3 Å². The van der Waals surface area contributed by atoms with Gasteiger partial charge in [-0.15, -0.1) is 0 Å². The minimum absolute atomic E-state index is 0.0531. The molecule has 0 radical (unpaired) electrons. The van der Waals surface area contributed by atoms with Crippen molar-refractivity contribution in [3.05, 3.63) is 52.5 Å². The Kier molecular flexibility index (Phi) is 5.12. The van der Waals surface area contributed by atoms with Crippen LogP contribution < -0.4 is 20.7 Å². The minimum atomic E-state index is -1.08. The fourth-order valence-corrected chi connectivity index (χ4v) is 4.67. The van der Waals surface area contributed by atoms with Crippen LogP contribution in [-0.4, -0.2) is 25.0 Å². The van der Waals surface area contributed by atoms with E-state index in [-0.39, 0.29) is 23.8 Å². The molecule has 0 bridgehead atoms. The SMILES string of the molecule is COc1ccc(NC(=O)C2CC(C(C)C)NC23C(=O)Nc2ccc(Br)cc23)cc1. The second kappa shape index (κ2) is 7.46. The summed E-state index contributed by atoms with van der Waals surface area (Å²) in [6.07, 6.45) is 0.582. The third-order valence-corrected chi connectivity index (χ3v) is 6.41. The summed E-state index contributed by atoms with van der Waals surface area (Å²) >= 11 is 3.50. The molecule has 2 heterocycles. The molecule has 0 aliphatic carbocycles. The molecule has 2 aliphatic heterocycles. The van der Waals surface area contributed by atoms with Gasteiger partial charge in [0.2, 0.25) is 11.8 Å². The van der Waals surface area contributed by atoms with E-state index in [1.807, 2.05) is 18.2 Å². The van der Waals surface area contributed by atoms with E-state index >= 15 is 0 Å². The average Bonchev–Trinajstić information content (AvgIpc) is 3.23. The van der Waals surface area contributed by atoms with Crippen molar-refractivity contribution in [2.45, 2.75) is 31.8 Å². The van der Waals surface area contributed by atoms with Crippen molar-refractivity contribution in [3.8, 4) is 5.75 Å². The number of methoxy groups -OCH3 is 1. The summed E-state index contributed by atoms with van der Waals surface area (Å²) in [7, 11) is 1.60. The summed E-state index contributed by atoms with van der Waals surface area (Å²) in [6, 6.07) is 12.9.